The summed E-state index contributed by atoms with van der Waals surface area (Å²) in [6.45, 7) is 5.85. The van der Waals surface area contributed by atoms with E-state index >= 15 is 0 Å². The summed E-state index contributed by atoms with van der Waals surface area (Å²) in [5, 5.41) is 12.8. The molecule has 0 bridgehead atoms. The fraction of sp³-hybridized carbons (Fsp3) is 0.600. The number of hydrogen-bond donors (Lipinski definition) is 3. The molecule has 4 N–H and O–H groups in total. The van der Waals surface area contributed by atoms with Crippen molar-refractivity contribution in [3.05, 3.63) is 18.1 Å². The molecule has 5 heteroatoms. The SMILES string of the molecule is C[C@H](CN)Nc1cnc(C(C)(C)O)cn1. The normalized spacial score (nSPS) is 13.7. The number of nitrogens with zero attached hydrogens (tertiary/aromatic N) is 2. The van der Waals surface area contributed by atoms with E-state index in [1.165, 1.54) is 0 Å². The molecular formula is C10H18N4O. The molecule has 1 rings (SSSR count). The average Bonchev–Trinajstić information content (AvgIpc) is 2.17. The molecule has 5 nitrogen and oxygen atoms in total. The van der Waals surface area contributed by atoms with E-state index in [9.17, 15) is 5.11 Å². The summed E-state index contributed by atoms with van der Waals surface area (Å²) in [4.78, 5) is 8.27. The molecule has 1 aromatic rings. The third-order valence-electron chi connectivity index (χ3n) is 2.03. The van der Waals surface area contributed by atoms with Gasteiger partial charge < -0.3 is 16.2 Å². The predicted octanol–water partition coefficient (Wildman–Crippen LogP) is 0.463. The zero-order valence-corrected chi connectivity index (χ0v) is 9.36. The van der Waals surface area contributed by atoms with Gasteiger partial charge in [0.1, 0.15) is 11.4 Å². The zero-order chi connectivity index (χ0) is 11.5. The highest BCUT2D eigenvalue weighted by atomic mass is 16.3. The van der Waals surface area contributed by atoms with Gasteiger partial charge >= 0.3 is 0 Å². The highest BCUT2D eigenvalue weighted by Crippen LogP contribution is 2.16. The fourth-order valence-corrected chi connectivity index (χ4v) is 1.03. The Bertz CT molecular complexity index is 304. The first kappa shape index (κ1) is 11.9. The molecule has 1 atom stereocenters. The summed E-state index contributed by atoms with van der Waals surface area (Å²) in [6.07, 6.45) is 3.16. The predicted molar refractivity (Wildman–Crippen MR) is 59.4 cm³/mol. The minimum absolute atomic E-state index is 0.160. The van der Waals surface area contributed by atoms with E-state index in [0.29, 0.717) is 18.1 Å². The second-order valence-corrected chi connectivity index (χ2v) is 4.13. The van der Waals surface area contributed by atoms with Crippen molar-refractivity contribution in [3.8, 4) is 0 Å². The number of aromatic nitrogens is 2. The molecule has 15 heavy (non-hydrogen) atoms. The summed E-state index contributed by atoms with van der Waals surface area (Å²) in [7, 11) is 0. The van der Waals surface area contributed by atoms with Crippen LogP contribution in [0.3, 0.4) is 0 Å². The van der Waals surface area contributed by atoms with Gasteiger partial charge in [0, 0.05) is 12.6 Å². The highest BCUT2D eigenvalue weighted by molar-refractivity contribution is 5.32. The van der Waals surface area contributed by atoms with Gasteiger partial charge in [-0.3, -0.25) is 4.98 Å². The van der Waals surface area contributed by atoms with Crippen molar-refractivity contribution < 1.29 is 5.11 Å². The Hall–Kier alpha value is -1.20. The van der Waals surface area contributed by atoms with E-state index in [2.05, 4.69) is 15.3 Å². The van der Waals surface area contributed by atoms with Crippen LogP contribution in [0.15, 0.2) is 12.4 Å². The van der Waals surface area contributed by atoms with E-state index in [1.54, 1.807) is 26.2 Å². The number of anilines is 1. The van der Waals surface area contributed by atoms with E-state index in [1.807, 2.05) is 6.92 Å². The first-order valence-corrected chi connectivity index (χ1v) is 4.95. The zero-order valence-electron chi connectivity index (χ0n) is 9.36. The Morgan fingerprint density at radius 2 is 2.13 bits per heavy atom. The van der Waals surface area contributed by atoms with Crippen LogP contribution in [0.1, 0.15) is 26.5 Å². The smallest absolute Gasteiger partial charge is 0.144 e. The first-order valence-electron chi connectivity index (χ1n) is 4.95. The van der Waals surface area contributed by atoms with Gasteiger partial charge in [-0.2, -0.15) is 0 Å². The van der Waals surface area contributed by atoms with E-state index in [-0.39, 0.29) is 6.04 Å². The van der Waals surface area contributed by atoms with Crippen LogP contribution in [0.4, 0.5) is 5.82 Å². The van der Waals surface area contributed by atoms with Crippen LogP contribution < -0.4 is 11.1 Å². The lowest BCUT2D eigenvalue weighted by molar-refractivity contribution is 0.0735. The Kier molecular flexibility index (Phi) is 3.60. The second-order valence-electron chi connectivity index (χ2n) is 4.13. The molecule has 0 aliphatic heterocycles. The Morgan fingerprint density at radius 3 is 2.53 bits per heavy atom. The van der Waals surface area contributed by atoms with Gasteiger partial charge in [0.25, 0.3) is 0 Å². The van der Waals surface area contributed by atoms with E-state index in [0.717, 1.165) is 0 Å². The van der Waals surface area contributed by atoms with Crippen molar-refractivity contribution in [1.29, 1.82) is 0 Å². The van der Waals surface area contributed by atoms with Crippen molar-refractivity contribution in [3.63, 3.8) is 0 Å². The molecule has 0 unspecified atom stereocenters. The van der Waals surface area contributed by atoms with Gasteiger partial charge in [0.2, 0.25) is 0 Å². The van der Waals surface area contributed by atoms with Crippen LogP contribution in [-0.4, -0.2) is 27.7 Å². The Labute approximate surface area is 89.7 Å². The van der Waals surface area contributed by atoms with Crippen LogP contribution in [0.5, 0.6) is 0 Å². The summed E-state index contributed by atoms with van der Waals surface area (Å²) < 4.78 is 0. The molecule has 1 heterocycles. The molecule has 0 fully saturated rings. The topological polar surface area (TPSA) is 84.1 Å². The number of aliphatic hydroxyl groups is 1. The molecule has 0 aliphatic carbocycles. The monoisotopic (exact) mass is 210 g/mol. The van der Waals surface area contributed by atoms with Gasteiger partial charge in [-0.25, -0.2) is 4.98 Å². The third-order valence-corrected chi connectivity index (χ3v) is 2.03. The van der Waals surface area contributed by atoms with E-state index < -0.39 is 5.60 Å². The number of nitrogens with one attached hydrogen (secondary N) is 1. The minimum atomic E-state index is -0.953. The van der Waals surface area contributed by atoms with Gasteiger partial charge in [-0.1, -0.05) is 0 Å². The lowest BCUT2D eigenvalue weighted by Crippen LogP contribution is -2.26. The van der Waals surface area contributed by atoms with Crippen molar-refractivity contribution >= 4 is 5.82 Å². The van der Waals surface area contributed by atoms with Gasteiger partial charge in [0.05, 0.1) is 18.1 Å². The molecule has 0 amide bonds. The maximum absolute atomic E-state index is 9.67. The molecule has 0 aromatic carbocycles. The number of rotatable bonds is 4. The molecule has 0 saturated carbocycles. The van der Waals surface area contributed by atoms with Gasteiger partial charge in [-0.15, -0.1) is 0 Å². The van der Waals surface area contributed by atoms with Crippen LogP contribution in [0, 0.1) is 0 Å². The summed E-state index contributed by atoms with van der Waals surface area (Å²) in [5.41, 5.74) is 5.06. The first-order chi connectivity index (χ1) is 6.93. The largest absolute Gasteiger partial charge is 0.384 e. The Balaban J connectivity index is 2.73. The highest BCUT2D eigenvalue weighted by Gasteiger charge is 2.17. The van der Waals surface area contributed by atoms with Crippen LogP contribution in [0.2, 0.25) is 0 Å². The van der Waals surface area contributed by atoms with Crippen molar-refractivity contribution in [2.75, 3.05) is 11.9 Å². The lowest BCUT2D eigenvalue weighted by Gasteiger charge is -2.17. The van der Waals surface area contributed by atoms with Crippen molar-refractivity contribution in [1.82, 2.24) is 9.97 Å². The fourth-order valence-electron chi connectivity index (χ4n) is 1.03. The number of hydrogen-bond acceptors (Lipinski definition) is 5. The van der Waals surface area contributed by atoms with Crippen molar-refractivity contribution in [2.45, 2.75) is 32.4 Å². The molecule has 0 saturated heterocycles. The molecule has 84 valence electrons. The molecular weight excluding hydrogens is 192 g/mol. The van der Waals surface area contributed by atoms with Gasteiger partial charge in [-0.05, 0) is 20.8 Å². The molecule has 1 aromatic heterocycles. The third kappa shape index (κ3) is 3.45. The van der Waals surface area contributed by atoms with E-state index in [4.69, 9.17) is 5.73 Å². The van der Waals surface area contributed by atoms with Crippen LogP contribution in [0.25, 0.3) is 0 Å². The van der Waals surface area contributed by atoms with Gasteiger partial charge in [0.15, 0.2) is 0 Å². The lowest BCUT2D eigenvalue weighted by atomic mass is 10.1. The maximum Gasteiger partial charge on any atom is 0.144 e. The molecule has 0 spiro atoms. The minimum Gasteiger partial charge on any atom is -0.384 e. The standard InChI is InChI=1S/C10H18N4O/c1-7(4-11)14-9-6-12-8(5-13-9)10(2,3)15/h5-7,15H,4,11H2,1-3H3,(H,13,14)/t7-/m1/s1. The van der Waals surface area contributed by atoms with Crippen LogP contribution in [-0.2, 0) is 5.60 Å². The molecule has 0 aliphatic rings. The number of nitrogens with two attached hydrogens (primary N) is 1. The Morgan fingerprint density at radius 1 is 1.47 bits per heavy atom. The van der Waals surface area contributed by atoms with Crippen molar-refractivity contribution in [2.24, 2.45) is 5.73 Å². The second kappa shape index (κ2) is 4.55. The molecule has 0 radical (unpaired) electrons. The van der Waals surface area contributed by atoms with Crippen LogP contribution >= 0.6 is 0 Å². The summed E-state index contributed by atoms with van der Waals surface area (Å²) in [5.74, 6) is 0.668. The summed E-state index contributed by atoms with van der Waals surface area (Å²) in [6, 6.07) is 0.160. The summed E-state index contributed by atoms with van der Waals surface area (Å²) >= 11 is 0. The quantitative estimate of drug-likeness (QED) is 0.672. The maximum atomic E-state index is 9.67. The average molecular weight is 210 g/mol.